The maximum atomic E-state index is 11.9. The van der Waals surface area contributed by atoms with Gasteiger partial charge in [0.2, 0.25) is 5.95 Å². The minimum absolute atomic E-state index is 0.0845. The summed E-state index contributed by atoms with van der Waals surface area (Å²) in [6, 6.07) is 0. The number of imidazole rings is 1. The summed E-state index contributed by atoms with van der Waals surface area (Å²) in [6.07, 6.45) is -5.08. The van der Waals surface area contributed by atoms with Crippen molar-refractivity contribution in [3.63, 3.8) is 0 Å². The standard InChI is InChI=1S/C10H14N5O14P3/c11-10-13-7-4(8(18)14-10)12-2-15(7)9-6(17)5(16)3(26-9)1-25-31(22,23)28-32(24)27-29(32)30(19,20)21/h2-3,5-6,9,16-17H,1H2,(H5-,11,13,14,18,19,20,21,22,23)/p+1/t3-,5-,6-,9-,32-/m1/s1. The van der Waals surface area contributed by atoms with Crippen molar-refractivity contribution in [2.45, 2.75) is 24.5 Å². The number of aromatic amines is 1. The van der Waals surface area contributed by atoms with Gasteiger partial charge in [-0.15, -0.1) is 4.31 Å². The Hall–Kier alpha value is -1.56. The number of nitrogens with zero attached hydrogens (tertiary/aromatic N) is 3. The van der Waals surface area contributed by atoms with Gasteiger partial charge < -0.3 is 25.6 Å². The zero-order valence-corrected chi connectivity index (χ0v) is 17.9. The second-order valence-corrected chi connectivity index (χ2v) is 11.2. The summed E-state index contributed by atoms with van der Waals surface area (Å²) in [6.45, 7) is -0.911. The van der Waals surface area contributed by atoms with Crippen LogP contribution in [0.3, 0.4) is 0 Å². The first-order valence-electron chi connectivity index (χ1n) is 8.26. The van der Waals surface area contributed by atoms with Crippen LogP contribution in [-0.4, -0.2) is 69.3 Å². The Morgan fingerprint density at radius 1 is 1.31 bits per heavy atom. The van der Waals surface area contributed by atoms with Crippen LogP contribution in [0.15, 0.2) is 11.1 Å². The second kappa shape index (κ2) is 7.75. The van der Waals surface area contributed by atoms with Crippen LogP contribution in [0.2, 0.25) is 0 Å². The van der Waals surface area contributed by atoms with Gasteiger partial charge in [0.15, 0.2) is 17.4 Å². The predicted octanol–water partition coefficient (Wildman–Crippen LogP) is -1.85. The van der Waals surface area contributed by atoms with Crippen LogP contribution >= 0.6 is 23.5 Å². The number of nitrogen functional groups attached to an aromatic ring is 1. The predicted molar refractivity (Wildman–Crippen MR) is 97.2 cm³/mol. The smallest absolute Gasteiger partial charge is 0.387 e. The molecule has 0 spiro atoms. The third-order valence-corrected chi connectivity index (χ3v) is 8.81. The summed E-state index contributed by atoms with van der Waals surface area (Å²) in [5, 5.41) is 20.5. The number of H-pyrrole nitrogens is 1. The average molecular weight is 522 g/mol. The quantitative estimate of drug-likeness (QED) is 0.0909. The molecule has 22 heteroatoms. The molecular formula is C10H15N5O14P3+. The second-order valence-electron chi connectivity index (χ2n) is 6.41. The summed E-state index contributed by atoms with van der Waals surface area (Å²) >= 11 is 0. The molecule has 0 amide bonds. The van der Waals surface area contributed by atoms with Gasteiger partial charge in [-0.2, -0.15) is 14.1 Å². The van der Waals surface area contributed by atoms with Crippen molar-refractivity contribution in [1.82, 2.24) is 19.5 Å². The number of hydrogen-bond donors (Lipinski definition) is 7. The summed E-state index contributed by atoms with van der Waals surface area (Å²) in [7, 11) is -15.3. The van der Waals surface area contributed by atoms with Crippen molar-refractivity contribution in [2.24, 2.45) is 0 Å². The number of fused-ring (bicyclic) bond motifs is 1. The molecule has 2 aliphatic rings. The molecule has 6 atom stereocenters. The highest BCUT2D eigenvalue weighted by Gasteiger charge is 2.81. The van der Waals surface area contributed by atoms with E-state index in [4.69, 9.17) is 20.3 Å². The Balaban J connectivity index is 1.45. The van der Waals surface area contributed by atoms with Crippen molar-refractivity contribution >= 4 is 40.6 Å². The van der Waals surface area contributed by atoms with E-state index in [1.165, 1.54) is 0 Å². The molecule has 32 heavy (non-hydrogen) atoms. The van der Waals surface area contributed by atoms with E-state index in [-0.39, 0.29) is 17.1 Å². The maximum absolute atomic E-state index is 11.9. The summed E-state index contributed by atoms with van der Waals surface area (Å²) in [5.74, 6) is -0.255. The van der Waals surface area contributed by atoms with E-state index in [1.807, 2.05) is 0 Å². The minimum atomic E-state index is -5.25. The van der Waals surface area contributed by atoms with E-state index in [0.29, 0.717) is 4.09 Å². The van der Waals surface area contributed by atoms with E-state index in [9.17, 15) is 33.6 Å². The highest BCUT2D eigenvalue weighted by atomic mass is 31.3. The zero-order valence-electron chi connectivity index (χ0n) is 15.3. The maximum Gasteiger partial charge on any atom is 0.757 e. The molecule has 0 radical (unpaired) electrons. The zero-order chi connectivity index (χ0) is 23.6. The number of nitrogens with one attached hydrogen (secondary N) is 1. The van der Waals surface area contributed by atoms with E-state index >= 15 is 0 Å². The molecule has 2 aromatic rings. The molecule has 2 aliphatic heterocycles. The number of aliphatic hydroxyl groups is 2. The molecule has 2 aromatic heterocycles. The Kier molecular flexibility index (Phi) is 5.71. The molecule has 4 heterocycles. The normalized spacial score (nSPS) is 32.9. The first-order chi connectivity index (χ1) is 14.7. The topological polar surface area (TPSA) is 285 Å². The third-order valence-electron chi connectivity index (χ3n) is 4.20. The lowest BCUT2D eigenvalue weighted by Crippen LogP contribution is -2.33. The van der Waals surface area contributed by atoms with Gasteiger partial charge in [0.05, 0.1) is 17.6 Å². The average Bonchev–Trinajstić information content (AvgIpc) is 3.02. The number of phosphoric ester groups is 1. The van der Waals surface area contributed by atoms with Crippen molar-refractivity contribution in [3.05, 3.63) is 16.7 Å². The van der Waals surface area contributed by atoms with Crippen molar-refractivity contribution in [2.75, 3.05) is 12.3 Å². The van der Waals surface area contributed by atoms with Gasteiger partial charge in [-0.25, -0.2) is 9.55 Å². The molecule has 8 N–H and O–H groups in total. The number of ether oxygens (including phenoxy) is 1. The molecule has 0 bridgehead atoms. The van der Waals surface area contributed by atoms with Gasteiger partial charge in [-0.05, 0) is 0 Å². The lowest BCUT2D eigenvalue weighted by Gasteiger charge is -2.16. The molecule has 4 rings (SSSR count). The van der Waals surface area contributed by atoms with Gasteiger partial charge in [0.1, 0.15) is 18.3 Å². The van der Waals surface area contributed by atoms with Crippen LogP contribution in [0.25, 0.3) is 11.2 Å². The number of anilines is 1. The van der Waals surface area contributed by atoms with Crippen LogP contribution in [0.5, 0.6) is 0 Å². The number of nitrogens with two attached hydrogens (primary N) is 1. The molecule has 19 nitrogen and oxygen atoms in total. The van der Waals surface area contributed by atoms with Crippen LogP contribution in [0.4, 0.5) is 5.95 Å². The molecule has 2 fully saturated rings. The monoisotopic (exact) mass is 522 g/mol. The van der Waals surface area contributed by atoms with Gasteiger partial charge in [0.25, 0.3) is 5.56 Å². The van der Waals surface area contributed by atoms with E-state index in [2.05, 4.69) is 28.5 Å². The van der Waals surface area contributed by atoms with Crippen molar-refractivity contribution < 1.29 is 60.9 Å². The van der Waals surface area contributed by atoms with Crippen LogP contribution in [0.1, 0.15) is 6.23 Å². The summed E-state index contributed by atoms with van der Waals surface area (Å²) < 4.78 is 54.3. The number of phosphoric acid groups is 1. The Morgan fingerprint density at radius 2 is 2.00 bits per heavy atom. The summed E-state index contributed by atoms with van der Waals surface area (Å²) in [5.41, 5.74) is 4.59. The highest BCUT2D eigenvalue weighted by Crippen LogP contribution is 2.88. The molecule has 178 valence electrons. The molecule has 1 unspecified atom stereocenters. The lowest BCUT2D eigenvalue weighted by atomic mass is 10.1. The fraction of sp³-hybridized carbons (Fsp3) is 0.500. The molecule has 0 aliphatic carbocycles. The number of rotatable bonds is 7. The fourth-order valence-corrected chi connectivity index (χ4v) is 6.90. The molecule has 0 saturated carbocycles. The first-order valence-corrected chi connectivity index (χ1v) is 12.7. The largest absolute Gasteiger partial charge is 0.757 e. The van der Waals surface area contributed by atoms with Crippen LogP contribution in [-0.2, 0) is 36.0 Å². The van der Waals surface area contributed by atoms with Crippen LogP contribution < -0.4 is 11.3 Å². The fourth-order valence-electron chi connectivity index (χ4n) is 2.83. The highest BCUT2D eigenvalue weighted by molar-refractivity contribution is 7.71. The van der Waals surface area contributed by atoms with Gasteiger partial charge in [-0.3, -0.25) is 28.7 Å². The van der Waals surface area contributed by atoms with E-state index in [1.54, 1.807) is 0 Å². The summed E-state index contributed by atoms with van der Waals surface area (Å²) in [4.78, 5) is 49.0. The number of hydrogen-bond acceptors (Lipinski definition) is 13. The van der Waals surface area contributed by atoms with Crippen molar-refractivity contribution in [1.29, 1.82) is 0 Å². The van der Waals surface area contributed by atoms with E-state index in [0.717, 1.165) is 10.9 Å². The Bertz CT molecular complexity index is 1260. The SMILES string of the molecule is Nc1nc2c(ncn2[C@@H]2O[C@H](COP(=O)(O)O[P@@]3(=O)O[O+]3P(=O)(O)O)[C@@H](O)[C@H]2O)c(=O)[nH]1. The first kappa shape index (κ1) is 23.6. The molecule has 2 saturated heterocycles. The van der Waals surface area contributed by atoms with Gasteiger partial charge in [0, 0.05) is 0 Å². The van der Waals surface area contributed by atoms with Crippen molar-refractivity contribution in [3.8, 4) is 0 Å². The van der Waals surface area contributed by atoms with Crippen LogP contribution in [0, 0.1) is 0 Å². The lowest BCUT2D eigenvalue weighted by molar-refractivity contribution is -0.0505. The number of aromatic nitrogens is 4. The minimum Gasteiger partial charge on any atom is -0.387 e. The molecule has 0 aromatic carbocycles. The molecular weight excluding hydrogens is 507 g/mol. The Labute approximate surface area is 175 Å². The number of aliphatic hydroxyl groups excluding tert-OH is 2. The van der Waals surface area contributed by atoms with E-state index < -0.39 is 60.2 Å². The van der Waals surface area contributed by atoms with Gasteiger partial charge >= 0.3 is 23.5 Å². The van der Waals surface area contributed by atoms with Gasteiger partial charge in [-0.1, -0.05) is 4.09 Å². The Morgan fingerprint density at radius 3 is 2.62 bits per heavy atom. The third kappa shape index (κ3) is 4.32.